The molecule has 0 aromatic rings. The van der Waals surface area contributed by atoms with E-state index in [1.807, 2.05) is 13.8 Å². The monoisotopic (exact) mass is 249 g/mol. The zero-order valence-corrected chi connectivity index (χ0v) is 11.3. The highest BCUT2D eigenvalue weighted by molar-refractivity contribution is 7.91. The van der Waals surface area contributed by atoms with E-state index in [2.05, 4.69) is 11.8 Å². The van der Waals surface area contributed by atoms with Crippen molar-refractivity contribution in [1.82, 2.24) is 4.90 Å². The van der Waals surface area contributed by atoms with Crippen LogP contribution in [0.5, 0.6) is 0 Å². The summed E-state index contributed by atoms with van der Waals surface area (Å²) in [4.78, 5) is 2.18. The van der Waals surface area contributed by atoms with Gasteiger partial charge in [0.25, 0.3) is 0 Å². The Morgan fingerprint density at radius 2 is 2.12 bits per heavy atom. The predicted molar refractivity (Wildman–Crippen MR) is 65.2 cm³/mol. The van der Waals surface area contributed by atoms with Crippen LogP contribution in [0.15, 0.2) is 0 Å². The molecule has 5 heteroatoms. The minimum atomic E-state index is -2.84. The summed E-state index contributed by atoms with van der Waals surface area (Å²) in [5, 5.41) is 9.36. The Labute approximate surface area is 98.6 Å². The zero-order valence-electron chi connectivity index (χ0n) is 10.4. The van der Waals surface area contributed by atoms with Crippen LogP contribution in [0.25, 0.3) is 0 Å². The molecule has 0 spiro atoms. The number of rotatable bonds is 4. The van der Waals surface area contributed by atoms with Crippen molar-refractivity contribution < 1.29 is 13.5 Å². The molecule has 4 nitrogen and oxygen atoms in total. The molecule has 1 aliphatic heterocycles. The second kappa shape index (κ2) is 5.02. The highest BCUT2D eigenvalue weighted by atomic mass is 32.2. The van der Waals surface area contributed by atoms with E-state index in [4.69, 9.17) is 0 Å². The first-order valence-electron chi connectivity index (χ1n) is 5.87. The van der Waals surface area contributed by atoms with Crippen LogP contribution in [-0.2, 0) is 9.84 Å². The Morgan fingerprint density at radius 3 is 2.56 bits per heavy atom. The van der Waals surface area contributed by atoms with Crippen molar-refractivity contribution in [2.75, 3.05) is 31.2 Å². The van der Waals surface area contributed by atoms with E-state index in [1.54, 1.807) is 0 Å². The third kappa shape index (κ3) is 3.43. The highest BCUT2D eigenvalue weighted by Gasteiger charge is 2.32. The molecule has 1 fully saturated rings. The van der Waals surface area contributed by atoms with E-state index in [0.717, 1.165) is 13.0 Å². The van der Waals surface area contributed by atoms with Gasteiger partial charge in [-0.15, -0.1) is 0 Å². The molecule has 0 aromatic carbocycles. The smallest absolute Gasteiger partial charge is 0.153 e. The van der Waals surface area contributed by atoms with Crippen molar-refractivity contribution >= 4 is 9.84 Å². The third-order valence-corrected chi connectivity index (χ3v) is 5.42. The lowest BCUT2D eigenvalue weighted by Gasteiger charge is -2.39. The van der Waals surface area contributed by atoms with Gasteiger partial charge in [-0.1, -0.05) is 13.8 Å². The van der Waals surface area contributed by atoms with Crippen LogP contribution < -0.4 is 0 Å². The largest absolute Gasteiger partial charge is 0.396 e. The van der Waals surface area contributed by atoms with Crippen LogP contribution in [0, 0.1) is 5.41 Å². The summed E-state index contributed by atoms with van der Waals surface area (Å²) in [6.45, 7) is 7.57. The summed E-state index contributed by atoms with van der Waals surface area (Å²) in [5.41, 5.74) is -0.116. The van der Waals surface area contributed by atoms with E-state index in [-0.39, 0.29) is 29.6 Å². The fraction of sp³-hybridized carbons (Fsp3) is 1.00. The van der Waals surface area contributed by atoms with E-state index < -0.39 is 9.84 Å². The maximum absolute atomic E-state index is 11.4. The quantitative estimate of drug-likeness (QED) is 0.789. The van der Waals surface area contributed by atoms with Crippen LogP contribution in [0.1, 0.15) is 27.2 Å². The minimum absolute atomic E-state index is 0.0659. The van der Waals surface area contributed by atoms with Gasteiger partial charge in [0.1, 0.15) is 0 Å². The lowest BCUT2D eigenvalue weighted by Crippen LogP contribution is -2.51. The predicted octanol–water partition coefficient (Wildman–Crippen LogP) is 0.514. The van der Waals surface area contributed by atoms with Gasteiger partial charge >= 0.3 is 0 Å². The van der Waals surface area contributed by atoms with Gasteiger partial charge in [0.15, 0.2) is 9.84 Å². The SMILES string of the molecule is CCC(C)(CO)CN1CCS(=O)(=O)CC1C. The first-order valence-corrected chi connectivity index (χ1v) is 7.69. The van der Waals surface area contributed by atoms with E-state index in [1.165, 1.54) is 0 Å². The van der Waals surface area contributed by atoms with Gasteiger partial charge in [-0.05, 0) is 13.3 Å². The molecule has 2 atom stereocenters. The Kier molecular flexibility index (Phi) is 4.37. The van der Waals surface area contributed by atoms with Crippen LogP contribution in [0.2, 0.25) is 0 Å². The summed E-state index contributed by atoms with van der Waals surface area (Å²) in [6, 6.07) is 0.0659. The van der Waals surface area contributed by atoms with E-state index in [0.29, 0.717) is 6.54 Å². The van der Waals surface area contributed by atoms with Crippen molar-refractivity contribution in [2.24, 2.45) is 5.41 Å². The molecule has 1 heterocycles. The zero-order chi connectivity index (χ0) is 12.4. The number of aliphatic hydroxyl groups excluding tert-OH is 1. The molecule has 0 saturated carbocycles. The summed E-state index contributed by atoms with van der Waals surface area (Å²) in [6.07, 6.45) is 0.902. The summed E-state index contributed by atoms with van der Waals surface area (Å²) < 4.78 is 22.9. The van der Waals surface area contributed by atoms with Crippen molar-refractivity contribution in [3.05, 3.63) is 0 Å². The van der Waals surface area contributed by atoms with Crippen LogP contribution in [0.4, 0.5) is 0 Å². The van der Waals surface area contributed by atoms with Gasteiger partial charge in [-0.2, -0.15) is 0 Å². The molecule has 0 bridgehead atoms. The number of aliphatic hydroxyl groups is 1. The molecule has 0 aromatic heterocycles. The van der Waals surface area contributed by atoms with Crippen molar-refractivity contribution in [3.8, 4) is 0 Å². The van der Waals surface area contributed by atoms with Gasteiger partial charge < -0.3 is 5.11 Å². The van der Waals surface area contributed by atoms with Crippen molar-refractivity contribution in [3.63, 3.8) is 0 Å². The number of sulfone groups is 1. The number of nitrogens with zero attached hydrogens (tertiary/aromatic N) is 1. The van der Waals surface area contributed by atoms with Crippen LogP contribution >= 0.6 is 0 Å². The normalized spacial score (nSPS) is 29.9. The maximum Gasteiger partial charge on any atom is 0.153 e. The third-order valence-electron chi connectivity index (χ3n) is 3.63. The molecule has 0 amide bonds. The Hall–Kier alpha value is -0.130. The van der Waals surface area contributed by atoms with Crippen LogP contribution in [-0.4, -0.2) is 55.7 Å². The van der Waals surface area contributed by atoms with Gasteiger partial charge in [-0.25, -0.2) is 8.42 Å². The summed E-state index contributed by atoms with van der Waals surface area (Å²) >= 11 is 0. The summed E-state index contributed by atoms with van der Waals surface area (Å²) in [5.74, 6) is 0.501. The topological polar surface area (TPSA) is 57.6 Å². The minimum Gasteiger partial charge on any atom is -0.396 e. The lowest BCUT2D eigenvalue weighted by molar-refractivity contribution is 0.0720. The molecule has 1 rings (SSSR count). The average molecular weight is 249 g/mol. The van der Waals surface area contributed by atoms with E-state index >= 15 is 0 Å². The van der Waals surface area contributed by atoms with Crippen molar-refractivity contribution in [2.45, 2.75) is 33.2 Å². The molecular weight excluding hydrogens is 226 g/mol. The van der Waals surface area contributed by atoms with Gasteiger partial charge in [0, 0.05) is 31.2 Å². The molecule has 1 saturated heterocycles. The number of hydrogen-bond donors (Lipinski definition) is 1. The van der Waals surface area contributed by atoms with Gasteiger partial charge in [0.05, 0.1) is 11.5 Å². The highest BCUT2D eigenvalue weighted by Crippen LogP contribution is 2.24. The molecular formula is C11H23NO3S. The average Bonchev–Trinajstić information content (AvgIpc) is 2.21. The Morgan fingerprint density at radius 1 is 1.50 bits per heavy atom. The Balaban J connectivity index is 2.63. The molecule has 0 radical (unpaired) electrons. The molecule has 96 valence electrons. The lowest BCUT2D eigenvalue weighted by atomic mass is 9.87. The fourth-order valence-electron chi connectivity index (χ4n) is 2.03. The number of hydrogen-bond acceptors (Lipinski definition) is 4. The molecule has 0 aliphatic carbocycles. The van der Waals surface area contributed by atoms with Gasteiger partial charge in [0.2, 0.25) is 0 Å². The molecule has 2 unspecified atom stereocenters. The molecule has 16 heavy (non-hydrogen) atoms. The molecule has 1 aliphatic rings. The Bertz CT molecular complexity index is 322. The summed E-state index contributed by atoms with van der Waals surface area (Å²) in [7, 11) is -2.84. The second-order valence-electron chi connectivity index (χ2n) is 5.26. The standard InChI is InChI=1S/C11H23NO3S/c1-4-11(3,9-13)8-12-5-6-16(14,15)7-10(12)2/h10,13H,4-9H2,1-3H3. The van der Waals surface area contributed by atoms with Crippen LogP contribution in [0.3, 0.4) is 0 Å². The molecule has 1 N–H and O–H groups in total. The first-order chi connectivity index (χ1) is 7.32. The van der Waals surface area contributed by atoms with E-state index in [9.17, 15) is 13.5 Å². The first kappa shape index (κ1) is 13.9. The maximum atomic E-state index is 11.4. The van der Waals surface area contributed by atoms with Crippen molar-refractivity contribution in [1.29, 1.82) is 0 Å². The second-order valence-corrected chi connectivity index (χ2v) is 7.48. The van der Waals surface area contributed by atoms with Gasteiger partial charge in [-0.3, -0.25) is 4.90 Å². The fourth-order valence-corrected chi connectivity index (χ4v) is 3.66.